The van der Waals surface area contributed by atoms with Gasteiger partial charge in [0.05, 0.1) is 5.69 Å². The fourth-order valence-corrected chi connectivity index (χ4v) is 4.30. The van der Waals surface area contributed by atoms with Gasteiger partial charge >= 0.3 is 0 Å². The highest BCUT2D eigenvalue weighted by molar-refractivity contribution is 5.83. The average Bonchev–Trinajstić information content (AvgIpc) is 3.25. The van der Waals surface area contributed by atoms with Crippen molar-refractivity contribution in [2.24, 2.45) is 0 Å². The maximum Gasteiger partial charge on any atom is 0.188 e. The number of unbranched alkanes of at least 4 members (excludes halogenated alkanes) is 1. The number of anilines is 2. The highest BCUT2D eigenvalue weighted by Crippen LogP contribution is 2.31. The monoisotopic (exact) mass is 392 g/mol. The summed E-state index contributed by atoms with van der Waals surface area (Å²) in [6, 6.07) is 16.9. The van der Waals surface area contributed by atoms with Gasteiger partial charge in [-0.25, -0.2) is 0 Å². The summed E-state index contributed by atoms with van der Waals surface area (Å²) >= 11 is 0. The molecule has 2 aromatic carbocycles. The second kappa shape index (κ2) is 8.35. The third-order valence-corrected chi connectivity index (χ3v) is 5.99. The van der Waals surface area contributed by atoms with Crippen LogP contribution in [-0.4, -0.2) is 55.9 Å². The molecular weight excluding hydrogens is 364 g/mol. The Balaban J connectivity index is 1.06. The van der Waals surface area contributed by atoms with Gasteiger partial charge in [0.15, 0.2) is 12.5 Å². The number of H-pyrrole nitrogens is 1. The molecule has 3 heterocycles. The van der Waals surface area contributed by atoms with Gasteiger partial charge in [-0.1, -0.05) is 12.1 Å². The van der Waals surface area contributed by atoms with Crippen LogP contribution in [0, 0.1) is 0 Å². The van der Waals surface area contributed by atoms with E-state index in [1.165, 1.54) is 23.0 Å². The molecule has 1 N–H and O–H groups in total. The Labute approximate surface area is 171 Å². The summed E-state index contributed by atoms with van der Waals surface area (Å²) in [5.41, 5.74) is 3.68. The van der Waals surface area contributed by atoms with Crippen LogP contribution in [0.3, 0.4) is 0 Å². The van der Waals surface area contributed by atoms with E-state index in [-0.39, 0.29) is 0 Å². The second-order valence-corrected chi connectivity index (χ2v) is 7.85. The summed E-state index contributed by atoms with van der Waals surface area (Å²) in [5.74, 6) is 0.813. The molecule has 6 nitrogen and oxygen atoms in total. The summed E-state index contributed by atoms with van der Waals surface area (Å²) in [7, 11) is 0. The number of para-hydroxylation sites is 2. The van der Waals surface area contributed by atoms with Gasteiger partial charge in [0.2, 0.25) is 0 Å². The molecule has 0 saturated carbocycles. The first kappa shape index (κ1) is 18.3. The van der Waals surface area contributed by atoms with E-state index >= 15 is 0 Å². The van der Waals surface area contributed by atoms with E-state index in [1.807, 2.05) is 24.4 Å². The minimum Gasteiger partial charge on any atom is -0.369 e. The first-order chi connectivity index (χ1) is 14.4. The molecule has 2 aliphatic rings. The third kappa shape index (κ3) is 4.04. The van der Waals surface area contributed by atoms with E-state index in [9.17, 15) is 0 Å². The number of rotatable bonds is 6. The Bertz CT molecular complexity index is 949. The first-order valence-corrected chi connectivity index (χ1v) is 10.5. The molecular formula is C23H28N4O2. The van der Waals surface area contributed by atoms with Gasteiger partial charge in [-0.05, 0) is 55.8 Å². The van der Waals surface area contributed by atoms with Crippen LogP contribution < -0.4 is 14.7 Å². The number of hydrogen-bond donors (Lipinski definition) is 1. The molecule has 0 amide bonds. The fraction of sp³-hybridized carbons (Fsp3) is 0.391. The second-order valence-electron chi connectivity index (χ2n) is 7.85. The van der Waals surface area contributed by atoms with Gasteiger partial charge < -0.3 is 19.7 Å². The van der Waals surface area contributed by atoms with Gasteiger partial charge in [-0.15, -0.1) is 0 Å². The van der Waals surface area contributed by atoms with Gasteiger partial charge in [0.25, 0.3) is 0 Å². The largest absolute Gasteiger partial charge is 0.369 e. The number of benzene rings is 2. The lowest BCUT2D eigenvalue weighted by atomic mass is 10.2. The molecule has 6 heteroatoms. The quantitative estimate of drug-likeness (QED) is 0.510. The Hall–Kier alpha value is -2.70. The molecule has 1 aromatic heterocycles. The molecule has 0 radical (unpaired) electrons. The summed E-state index contributed by atoms with van der Waals surface area (Å²) in [6.45, 7) is 7.13. The van der Waals surface area contributed by atoms with Crippen molar-refractivity contribution < 1.29 is 9.78 Å². The van der Waals surface area contributed by atoms with Crippen LogP contribution >= 0.6 is 0 Å². The van der Waals surface area contributed by atoms with Crippen LogP contribution in [0.4, 0.5) is 11.4 Å². The maximum atomic E-state index is 5.26. The third-order valence-electron chi connectivity index (χ3n) is 5.99. The molecule has 0 aliphatic carbocycles. The predicted octanol–water partition coefficient (Wildman–Crippen LogP) is 3.86. The average molecular weight is 393 g/mol. The summed E-state index contributed by atoms with van der Waals surface area (Å²) in [6.07, 6.45) is 4.37. The van der Waals surface area contributed by atoms with Crippen LogP contribution in [-0.2, 0) is 4.89 Å². The number of aromatic nitrogens is 1. The number of fused-ring (bicyclic) bond motifs is 2. The normalized spacial score (nSPS) is 17.4. The van der Waals surface area contributed by atoms with Crippen LogP contribution in [0.5, 0.6) is 5.75 Å². The SMILES string of the molecule is c1ccc2c(c1)OOCN2CCCCN1CCN(c2ccc3[nH]ccc3c2)CC1. The van der Waals surface area contributed by atoms with Gasteiger partial charge in [-0.2, -0.15) is 4.89 Å². The number of hydrogen-bond acceptors (Lipinski definition) is 5. The number of nitrogens with zero attached hydrogens (tertiary/aromatic N) is 3. The topological polar surface area (TPSA) is 44.0 Å². The van der Waals surface area contributed by atoms with Crippen molar-refractivity contribution in [1.29, 1.82) is 0 Å². The van der Waals surface area contributed by atoms with Crippen LogP contribution in [0.15, 0.2) is 54.7 Å². The first-order valence-electron chi connectivity index (χ1n) is 10.5. The molecule has 0 spiro atoms. The lowest BCUT2D eigenvalue weighted by molar-refractivity contribution is -0.213. The zero-order valence-corrected chi connectivity index (χ0v) is 16.7. The van der Waals surface area contributed by atoms with Crippen LogP contribution in [0.1, 0.15) is 12.8 Å². The van der Waals surface area contributed by atoms with Gasteiger partial charge in [0, 0.05) is 55.5 Å². The van der Waals surface area contributed by atoms with Crippen molar-refractivity contribution in [1.82, 2.24) is 9.88 Å². The lowest BCUT2D eigenvalue weighted by Gasteiger charge is -2.36. The standard InChI is InChI=1S/C23H28N4O2/c1-2-6-23-22(5-1)27(18-28-29-23)12-4-3-11-25-13-15-26(16-14-25)20-7-8-21-19(17-20)9-10-24-21/h1-2,5-10,17,24H,3-4,11-16,18H2. The molecule has 0 bridgehead atoms. The highest BCUT2D eigenvalue weighted by Gasteiger charge is 2.19. The minimum atomic E-state index is 0.501. The van der Waals surface area contributed by atoms with Crippen LogP contribution in [0.25, 0.3) is 10.9 Å². The van der Waals surface area contributed by atoms with Gasteiger partial charge in [-0.3, -0.25) is 4.90 Å². The van der Waals surface area contributed by atoms with Crippen molar-refractivity contribution in [3.05, 3.63) is 54.7 Å². The molecule has 1 saturated heterocycles. The summed E-state index contributed by atoms with van der Waals surface area (Å²) < 4.78 is 0. The molecule has 2 aliphatic heterocycles. The highest BCUT2D eigenvalue weighted by atomic mass is 17.2. The molecule has 0 unspecified atom stereocenters. The number of nitrogens with one attached hydrogen (secondary N) is 1. The van der Waals surface area contributed by atoms with E-state index in [0.717, 1.165) is 57.1 Å². The Morgan fingerprint density at radius 2 is 1.76 bits per heavy atom. The van der Waals surface area contributed by atoms with E-state index in [1.54, 1.807) is 0 Å². The zero-order chi connectivity index (χ0) is 19.5. The van der Waals surface area contributed by atoms with E-state index < -0.39 is 0 Å². The van der Waals surface area contributed by atoms with Crippen LogP contribution in [0.2, 0.25) is 0 Å². The summed E-state index contributed by atoms with van der Waals surface area (Å²) in [5, 5.41) is 1.29. The number of piperazine rings is 1. The molecule has 1 fully saturated rings. The van der Waals surface area contributed by atoms with E-state index in [4.69, 9.17) is 9.78 Å². The lowest BCUT2D eigenvalue weighted by Crippen LogP contribution is -2.46. The number of aromatic amines is 1. The Morgan fingerprint density at radius 3 is 2.69 bits per heavy atom. The Morgan fingerprint density at radius 1 is 0.897 bits per heavy atom. The van der Waals surface area contributed by atoms with E-state index in [2.05, 4.69) is 50.0 Å². The van der Waals surface area contributed by atoms with E-state index in [0.29, 0.717) is 6.73 Å². The smallest absolute Gasteiger partial charge is 0.188 e. The molecule has 29 heavy (non-hydrogen) atoms. The van der Waals surface area contributed by atoms with Crippen molar-refractivity contribution in [2.75, 3.05) is 55.8 Å². The predicted molar refractivity (Wildman–Crippen MR) is 117 cm³/mol. The summed E-state index contributed by atoms with van der Waals surface area (Å²) in [4.78, 5) is 21.1. The maximum absolute atomic E-state index is 5.26. The van der Waals surface area contributed by atoms with Crippen molar-refractivity contribution >= 4 is 22.3 Å². The Kier molecular flexibility index (Phi) is 5.28. The molecule has 152 valence electrons. The molecule has 0 atom stereocenters. The van der Waals surface area contributed by atoms with Crippen molar-refractivity contribution in [3.8, 4) is 5.75 Å². The minimum absolute atomic E-state index is 0.501. The molecule has 5 rings (SSSR count). The fourth-order valence-electron chi connectivity index (χ4n) is 4.30. The van der Waals surface area contributed by atoms with Crippen molar-refractivity contribution in [2.45, 2.75) is 12.8 Å². The van der Waals surface area contributed by atoms with Gasteiger partial charge in [0.1, 0.15) is 0 Å². The van der Waals surface area contributed by atoms with Crippen molar-refractivity contribution in [3.63, 3.8) is 0 Å². The zero-order valence-electron chi connectivity index (χ0n) is 16.7. The molecule has 3 aromatic rings.